The minimum Gasteiger partial charge on any atom is -0.508 e. The molecule has 2 unspecified atom stereocenters. The zero-order valence-electron chi connectivity index (χ0n) is 25.1. The molecule has 1 aromatic heterocycles. The molecule has 0 radical (unpaired) electrons. The average molecular weight is 612 g/mol. The molecule has 3 aliphatic heterocycles. The summed E-state index contributed by atoms with van der Waals surface area (Å²) in [7, 11) is 0. The zero-order valence-corrected chi connectivity index (χ0v) is 25.1. The van der Waals surface area contributed by atoms with E-state index < -0.39 is 11.6 Å². The van der Waals surface area contributed by atoms with Crippen LogP contribution in [0, 0.1) is 36.3 Å². The first-order valence-corrected chi connectivity index (χ1v) is 15.7. The molecule has 8 nitrogen and oxygen atoms in total. The van der Waals surface area contributed by atoms with E-state index in [4.69, 9.17) is 16.1 Å². The number of aryl methyl sites for hydroxylation is 1. The second-order valence-corrected chi connectivity index (χ2v) is 13.4. The number of nitrogens with one attached hydrogen (secondary N) is 1. The molecule has 4 aromatic rings. The number of fused-ring (bicyclic) bond motifs is 4. The third kappa shape index (κ3) is 4.94. The van der Waals surface area contributed by atoms with Gasteiger partial charge in [-0.3, -0.25) is 4.90 Å². The van der Waals surface area contributed by atoms with E-state index in [1.54, 1.807) is 6.92 Å². The van der Waals surface area contributed by atoms with Gasteiger partial charge in [0.2, 0.25) is 0 Å². The van der Waals surface area contributed by atoms with Crippen LogP contribution in [-0.2, 0) is 0 Å². The molecule has 3 saturated heterocycles. The quantitative estimate of drug-likeness (QED) is 0.263. The van der Waals surface area contributed by atoms with Crippen molar-refractivity contribution in [2.75, 3.05) is 44.2 Å². The Morgan fingerprint density at radius 3 is 2.53 bits per heavy atom. The molecule has 0 spiro atoms. The predicted octanol–water partition coefficient (Wildman–Crippen LogP) is 4.50. The van der Waals surface area contributed by atoms with E-state index in [1.807, 2.05) is 6.07 Å². The predicted molar refractivity (Wildman–Crippen MR) is 169 cm³/mol. The van der Waals surface area contributed by atoms with Gasteiger partial charge in [-0.15, -0.1) is 6.42 Å². The number of aliphatic hydroxyl groups is 1. The van der Waals surface area contributed by atoms with Gasteiger partial charge in [0.15, 0.2) is 5.82 Å². The molecule has 1 aliphatic carbocycles. The summed E-state index contributed by atoms with van der Waals surface area (Å²) >= 11 is 0. The number of rotatable bonds is 7. The molecular weight excluding hydrogens is 576 g/mol. The fourth-order valence-electron chi connectivity index (χ4n) is 7.58. The maximum absolute atomic E-state index is 17.0. The Labute approximate surface area is 260 Å². The third-order valence-corrected chi connectivity index (χ3v) is 10.0. The summed E-state index contributed by atoms with van der Waals surface area (Å²) in [6, 6.07) is 8.36. The first-order chi connectivity index (χ1) is 21.7. The Hall–Kier alpha value is -4.04. The number of piperazine rings is 1. The van der Waals surface area contributed by atoms with Crippen LogP contribution in [0.2, 0.25) is 0 Å². The minimum atomic E-state index is -0.605. The van der Waals surface area contributed by atoms with Crippen molar-refractivity contribution in [1.29, 1.82) is 0 Å². The summed E-state index contributed by atoms with van der Waals surface area (Å²) in [5.74, 6) is 1.78. The smallest absolute Gasteiger partial charge is 0.319 e. The molecule has 3 N–H and O–H groups in total. The van der Waals surface area contributed by atoms with E-state index in [9.17, 15) is 14.6 Å². The van der Waals surface area contributed by atoms with Crippen molar-refractivity contribution in [1.82, 2.24) is 20.2 Å². The van der Waals surface area contributed by atoms with Crippen LogP contribution in [0.5, 0.6) is 11.8 Å². The first-order valence-electron chi connectivity index (χ1n) is 15.7. The van der Waals surface area contributed by atoms with Gasteiger partial charge < -0.3 is 25.2 Å². The lowest BCUT2D eigenvalue weighted by Gasteiger charge is -2.38. The van der Waals surface area contributed by atoms with Crippen LogP contribution in [0.25, 0.3) is 32.8 Å². The number of halogens is 2. The zero-order chi connectivity index (χ0) is 31.0. The lowest BCUT2D eigenvalue weighted by Crippen LogP contribution is -2.53. The minimum absolute atomic E-state index is 0.00883. The normalized spacial score (nSPS) is 22.5. The van der Waals surface area contributed by atoms with E-state index in [0.29, 0.717) is 64.9 Å². The second-order valence-electron chi connectivity index (χ2n) is 13.4. The Kier molecular flexibility index (Phi) is 6.64. The Morgan fingerprint density at radius 2 is 1.84 bits per heavy atom. The van der Waals surface area contributed by atoms with E-state index in [2.05, 4.69) is 26.0 Å². The van der Waals surface area contributed by atoms with Gasteiger partial charge in [-0.1, -0.05) is 12.0 Å². The van der Waals surface area contributed by atoms with Crippen LogP contribution in [0.1, 0.15) is 36.8 Å². The number of benzene rings is 3. The molecule has 2 bridgehead atoms. The Bertz CT molecular complexity index is 1890. The highest BCUT2D eigenvalue weighted by Crippen LogP contribution is 2.47. The van der Waals surface area contributed by atoms with Crippen LogP contribution in [0.4, 0.5) is 14.6 Å². The topological polar surface area (TPSA) is 94.0 Å². The summed E-state index contributed by atoms with van der Waals surface area (Å²) in [5.41, 5.74) is 1.16. The molecule has 4 fully saturated rings. The van der Waals surface area contributed by atoms with Crippen molar-refractivity contribution in [3.05, 3.63) is 53.1 Å². The lowest BCUT2D eigenvalue weighted by molar-refractivity contribution is -0.0142. The Balaban J connectivity index is 1.26. The average Bonchev–Trinajstić information content (AvgIpc) is 3.69. The molecule has 4 aliphatic rings. The number of β-amino-alcohol motifs (C(OH)–C–C–N with tert-alkyl or cyclic N) is 1. The number of nitrogens with zero attached hydrogens (tertiary/aromatic N) is 4. The number of ether oxygens (including phenoxy) is 1. The summed E-state index contributed by atoms with van der Waals surface area (Å²) in [5, 5.41) is 25.4. The van der Waals surface area contributed by atoms with Crippen LogP contribution in [0.15, 0.2) is 30.3 Å². The molecule has 45 heavy (non-hydrogen) atoms. The number of phenolic OH excluding ortho intramolecular Hbond substituents is 1. The number of likely N-dealkylation sites (tertiary alicyclic amines) is 1. The highest BCUT2D eigenvalue weighted by atomic mass is 19.1. The summed E-state index contributed by atoms with van der Waals surface area (Å²) in [4.78, 5) is 14.0. The number of anilines is 1. The standard InChI is InChI=1S/C35H35F2N5O3/c1-3-25-28(36)7-4-20-11-23(43)12-26(30(20)25)29-19(2)10-27-32(31(29)37)39-34(40-33(27)42-13-21-5-6-22(14-42)38-21)45-18-35(8-9-35)17-41-15-24(44)16-41/h1,4,7,10-12,21-22,24,38,43-44H,5-6,8-9,13-18H2,2H3. The largest absolute Gasteiger partial charge is 0.508 e. The summed E-state index contributed by atoms with van der Waals surface area (Å²) in [6.45, 7) is 5.86. The fourth-order valence-corrected chi connectivity index (χ4v) is 7.58. The van der Waals surface area contributed by atoms with Gasteiger partial charge in [0.25, 0.3) is 0 Å². The van der Waals surface area contributed by atoms with Crippen molar-refractivity contribution in [2.24, 2.45) is 5.41 Å². The molecule has 232 valence electrons. The van der Waals surface area contributed by atoms with Crippen molar-refractivity contribution >= 4 is 27.5 Å². The number of hydrogen-bond donors (Lipinski definition) is 3. The van der Waals surface area contributed by atoms with E-state index in [1.165, 1.54) is 24.3 Å². The highest BCUT2D eigenvalue weighted by molar-refractivity contribution is 6.05. The van der Waals surface area contributed by atoms with Crippen LogP contribution in [-0.4, -0.2) is 82.6 Å². The third-order valence-electron chi connectivity index (χ3n) is 10.0. The molecule has 0 amide bonds. The maximum atomic E-state index is 17.0. The second kappa shape index (κ2) is 10.5. The van der Waals surface area contributed by atoms with Gasteiger partial charge in [-0.25, -0.2) is 8.78 Å². The number of aromatic hydroxyl groups is 1. The summed E-state index contributed by atoms with van der Waals surface area (Å²) in [6.07, 6.45) is 9.65. The fraction of sp³-hybridized carbons (Fsp3) is 0.429. The number of aromatic nitrogens is 2. The molecule has 2 atom stereocenters. The van der Waals surface area contributed by atoms with E-state index in [-0.39, 0.29) is 39.9 Å². The van der Waals surface area contributed by atoms with Crippen molar-refractivity contribution in [2.45, 2.75) is 50.8 Å². The molecular formula is C35H35F2N5O3. The monoisotopic (exact) mass is 611 g/mol. The van der Waals surface area contributed by atoms with Crippen molar-refractivity contribution < 1.29 is 23.7 Å². The Morgan fingerprint density at radius 1 is 1.09 bits per heavy atom. The van der Waals surface area contributed by atoms with Crippen LogP contribution >= 0.6 is 0 Å². The molecule has 10 heteroatoms. The summed E-state index contributed by atoms with van der Waals surface area (Å²) < 4.78 is 38.2. The SMILES string of the molecule is C#Cc1c(F)ccc2cc(O)cc(-c3c(C)cc4c(N5CC6CCC(C5)N6)nc(OCC5(CN6CC(O)C6)CC5)nc4c3F)c12. The van der Waals surface area contributed by atoms with Gasteiger partial charge in [-0.2, -0.15) is 9.97 Å². The van der Waals surface area contributed by atoms with Crippen LogP contribution < -0.4 is 15.0 Å². The molecule has 8 rings (SSSR count). The number of terminal acetylenes is 1. The van der Waals surface area contributed by atoms with Crippen molar-refractivity contribution in [3.63, 3.8) is 0 Å². The number of hydrogen-bond acceptors (Lipinski definition) is 8. The van der Waals surface area contributed by atoms with E-state index >= 15 is 4.39 Å². The van der Waals surface area contributed by atoms with Gasteiger partial charge in [0.1, 0.15) is 22.9 Å². The first kappa shape index (κ1) is 28.4. The van der Waals surface area contributed by atoms with Gasteiger partial charge in [-0.05, 0) is 73.4 Å². The molecule has 1 saturated carbocycles. The van der Waals surface area contributed by atoms with E-state index in [0.717, 1.165) is 45.3 Å². The number of aliphatic hydroxyl groups excluding tert-OH is 1. The highest BCUT2D eigenvalue weighted by Gasteiger charge is 2.47. The van der Waals surface area contributed by atoms with Crippen LogP contribution in [0.3, 0.4) is 0 Å². The van der Waals surface area contributed by atoms with Gasteiger partial charge >= 0.3 is 6.01 Å². The van der Waals surface area contributed by atoms with Crippen molar-refractivity contribution in [3.8, 4) is 35.2 Å². The maximum Gasteiger partial charge on any atom is 0.319 e. The van der Waals surface area contributed by atoms with Gasteiger partial charge in [0, 0.05) is 66.6 Å². The lowest BCUT2D eigenvalue weighted by atomic mass is 9.90. The molecule has 4 heterocycles. The molecule has 3 aromatic carbocycles. The van der Waals surface area contributed by atoms with Gasteiger partial charge in [0.05, 0.1) is 18.3 Å². The number of phenols is 1.